The topological polar surface area (TPSA) is 100 Å². The second kappa shape index (κ2) is 16.1. The number of aromatic nitrogens is 1. The van der Waals surface area contributed by atoms with E-state index < -0.39 is 11.2 Å². The molecule has 0 radical (unpaired) electrons. The zero-order valence-electron chi connectivity index (χ0n) is 27.4. The summed E-state index contributed by atoms with van der Waals surface area (Å²) in [5.74, 6) is -1.04. The Hall–Kier alpha value is -5.77. The number of rotatable bonds is 11. The van der Waals surface area contributed by atoms with Crippen molar-refractivity contribution < 1.29 is 14.4 Å². The van der Waals surface area contributed by atoms with Crippen LogP contribution in [0.4, 0.5) is 10.8 Å². The summed E-state index contributed by atoms with van der Waals surface area (Å²) in [4.78, 5) is 46.9. The fraction of sp³-hybridized carbons (Fsp3) is 0.0732. The van der Waals surface area contributed by atoms with E-state index in [1.54, 1.807) is 42.5 Å². The van der Waals surface area contributed by atoms with Crippen molar-refractivity contribution in [2.45, 2.75) is 24.0 Å². The van der Waals surface area contributed by atoms with Crippen LogP contribution in [-0.2, 0) is 9.59 Å². The molecule has 0 saturated heterocycles. The Kier molecular flexibility index (Phi) is 11.0. The number of carbonyl (C=O) groups excluding carboxylic acids is 3. The van der Waals surface area contributed by atoms with Crippen LogP contribution >= 0.6 is 23.1 Å². The molecule has 1 atom stereocenters. The number of carbonyl (C=O) groups is 3. The number of hydrogen-bond acceptors (Lipinski definition) is 6. The highest BCUT2D eigenvalue weighted by Crippen LogP contribution is 2.38. The zero-order valence-corrected chi connectivity index (χ0v) is 29.1. The first-order valence-corrected chi connectivity index (χ1v) is 17.6. The third-order valence-corrected chi connectivity index (χ3v) is 9.95. The van der Waals surface area contributed by atoms with Crippen LogP contribution in [0.15, 0.2) is 150 Å². The van der Waals surface area contributed by atoms with Crippen LogP contribution in [0, 0.1) is 13.8 Å². The SMILES string of the molecule is Cc1ccccc1/C=C(\NC(=O)c1ccccc1)C(=O)Nc1ccc(SC(C(=O)Nc2nc(-c3ccccc3)c(C)s2)c2ccccc2)cc1. The lowest BCUT2D eigenvalue weighted by atomic mass is 10.1. The molecule has 5 aromatic carbocycles. The highest BCUT2D eigenvalue weighted by atomic mass is 32.2. The van der Waals surface area contributed by atoms with Crippen LogP contribution in [-0.4, -0.2) is 22.7 Å². The lowest BCUT2D eigenvalue weighted by Gasteiger charge is -2.17. The van der Waals surface area contributed by atoms with E-state index in [1.165, 1.54) is 23.1 Å². The van der Waals surface area contributed by atoms with Crippen LogP contribution in [0.1, 0.15) is 37.2 Å². The van der Waals surface area contributed by atoms with Gasteiger partial charge in [0.25, 0.3) is 11.8 Å². The van der Waals surface area contributed by atoms with Gasteiger partial charge in [-0.15, -0.1) is 23.1 Å². The molecule has 0 aliphatic heterocycles. The summed E-state index contributed by atoms with van der Waals surface area (Å²) in [6.07, 6.45) is 1.67. The number of benzene rings is 5. The average molecular weight is 695 g/mol. The molecule has 1 unspecified atom stereocenters. The van der Waals surface area contributed by atoms with Crippen molar-refractivity contribution in [2.75, 3.05) is 10.6 Å². The van der Waals surface area contributed by atoms with Gasteiger partial charge in [-0.3, -0.25) is 14.4 Å². The summed E-state index contributed by atoms with van der Waals surface area (Å²) in [6.45, 7) is 3.94. The molecule has 7 nitrogen and oxygen atoms in total. The molecule has 6 aromatic rings. The summed E-state index contributed by atoms with van der Waals surface area (Å²) in [6, 6.07) is 43.2. The van der Waals surface area contributed by atoms with Gasteiger partial charge >= 0.3 is 0 Å². The fourth-order valence-electron chi connectivity index (χ4n) is 5.18. The Morgan fingerprint density at radius 2 is 1.34 bits per heavy atom. The van der Waals surface area contributed by atoms with Gasteiger partial charge in [0, 0.05) is 26.6 Å². The first-order valence-electron chi connectivity index (χ1n) is 15.9. The third-order valence-electron chi connectivity index (χ3n) is 7.80. The number of aryl methyl sites for hydroxylation is 2. The van der Waals surface area contributed by atoms with E-state index in [0.29, 0.717) is 16.4 Å². The van der Waals surface area contributed by atoms with E-state index in [-0.39, 0.29) is 17.5 Å². The first kappa shape index (κ1) is 34.1. The van der Waals surface area contributed by atoms with Crippen LogP contribution < -0.4 is 16.0 Å². The monoisotopic (exact) mass is 694 g/mol. The highest BCUT2D eigenvalue weighted by Gasteiger charge is 2.24. The molecular weight excluding hydrogens is 661 g/mol. The van der Waals surface area contributed by atoms with Gasteiger partial charge in [0.2, 0.25) is 5.91 Å². The van der Waals surface area contributed by atoms with Crippen LogP contribution in [0.5, 0.6) is 0 Å². The lowest BCUT2D eigenvalue weighted by molar-refractivity contribution is -0.116. The number of thioether (sulfide) groups is 1. The van der Waals surface area contributed by atoms with E-state index in [9.17, 15) is 14.4 Å². The predicted octanol–water partition coefficient (Wildman–Crippen LogP) is 9.31. The molecule has 3 amide bonds. The number of nitrogens with one attached hydrogen (secondary N) is 3. The van der Waals surface area contributed by atoms with Crippen molar-refractivity contribution in [1.82, 2.24) is 10.3 Å². The van der Waals surface area contributed by atoms with Crippen molar-refractivity contribution in [2.24, 2.45) is 0 Å². The van der Waals surface area contributed by atoms with E-state index in [2.05, 4.69) is 16.0 Å². The third kappa shape index (κ3) is 8.63. The second-order valence-electron chi connectivity index (χ2n) is 11.4. The van der Waals surface area contributed by atoms with Gasteiger partial charge in [0.05, 0.1) is 5.69 Å². The molecule has 0 bridgehead atoms. The quantitative estimate of drug-likeness (QED) is 0.0928. The van der Waals surface area contributed by atoms with E-state index in [1.807, 2.05) is 117 Å². The van der Waals surface area contributed by atoms with Gasteiger partial charge < -0.3 is 16.0 Å². The Morgan fingerprint density at radius 3 is 2.02 bits per heavy atom. The Morgan fingerprint density at radius 1 is 0.720 bits per heavy atom. The molecule has 9 heteroatoms. The van der Waals surface area contributed by atoms with Gasteiger partial charge in [-0.05, 0) is 73.0 Å². The number of nitrogens with zero attached hydrogens (tertiary/aromatic N) is 1. The molecule has 1 heterocycles. The zero-order chi connectivity index (χ0) is 34.9. The van der Waals surface area contributed by atoms with E-state index in [4.69, 9.17) is 4.98 Å². The second-order valence-corrected chi connectivity index (χ2v) is 13.8. The molecular formula is C41H34N4O3S2. The van der Waals surface area contributed by atoms with E-state index in [0.717, 1.165) is 37.7 Å². The van der Waals surface area contributed by atoms with Crippen molar-refractivity contribution in [3.05, 3.63) is 172 Å². The minimum atomic E-state index is -0.558. The van der Waals surface area contributed by atoms with Gasteiger partial charge in [-0.1, -0.05) is 103 Å². The maximum Gasteiger partial charge on any atom is 0.272 e. The van der Waals surface area contributed by atoms with Crippen LogP contribution in [0.3, 0.4) is 0 Å². The number of anilines is 2. The van der Waals surface area contributed by atoms with Gasteiger partial charge in [-0.2, -0.15) is 0 Å². The lowest BCUT2D eigenvalue weighted by Crippen LogP contribution is -2.30. The summed E-state index contributed by atoms with van der Waals surface area (Å²) in [7, 11) is 0. The molecule has 1 aromatic heterocycles. The minimum absolute atomic E-state index is 0.111. The molecule has 0 aliphatic carbocycles. The average Bonchev–Trinajstić information content (AvgIpc) is 3.52. The van der Waals surface area contributed by atoms with Crippen molar-refractivity contribution >= 4 is 57.7 Å². The fourth-order valence-corrected chi connectivity index (χ4v) is 7.05. The van der Waals surface area contributed by atoms with Gasteiger partial charge in [0.15, 0.2) is 5.13 Å². The van der Waals surface area contributed by atoms with Crippen molar-refractivity contribution in [3.63, 3.8) is 0 Å². The maximum atomic E-state index is 13.8. The standard InChI is InChI=1S/C41H34N4O3S2/c1-27-14-12-13-21-32(27)26-35(43-38(46)31-19-10-5-11-20-31)39(47)42-33-22-24-34(25-23-33)50-37(30-17-8-4-9-18-30)40(48)45-41-44-36(28(2)49-41)29-15-6-3-7-16-29/h3-26,37H,1-2H3,(H,42,47)(H,43,46)(H,44,45,48)/b35-26-. The van der Waals surface area contributed by atoms with Crippen LogP contribution in [0.25, 0.3) is 17.3 Å². The summed E-state index contributed by atoms with van der Waals surface area (Å²) < 4.78 is 0. The number of amides is 3. The Balaban J connectivity index is 1.18. The molecule has 0 aliphatic rings. The molecule has 6 rings (SSSR count). The Bertz CT molecular complexity index is 2130. The summed E-state index contributed by atoms with van der Waals surface area (Å²) in [5.41, 5.74) is 5.57. The number of thiazole rings is 1. The first-order chi connectivity index (χ1) is 24.3. The van der Waals surface area contributed by atoms with Crippen molar-refractivity contribution in [1.29, 1.82) is 0 Å². The summed E-state index contributed by atoms with van der Waals surface area (Å²) in [5, 5.41) is 8.73. The number of hydrogen-bond donors (Lipinski definition) is 3. The Labute approximate surface area is 299 Å². The maximum absolute atomic E-state index is 13.8. The van der Waals surface area contributed by atoms with Gasteiger partial charge in [-0.25, -0.2) is 4.98 Å². The van der Waals surface area contributed by atoms with Gasteiger partial charge in [0.1, 0.15) is 10.9 Å². The minimum Gasteiger partial charge on any atom is -0.321 e. The van der Waals surface area contributed by atoms with E-state index >= 15 is 0 Å². The largest absolute Gasteiger partial charge is 0.321 e. The summed E-state index contributed by atoms with van der Waals surface area (Å²) >= 11 is 2.85. The van der Waals surface area contributed by atoms with Crippen LogP contribution in [0.2, 0.25) is 0 Å². The molecule has 0 saturated carbocycles. The molecule has 3 N–H and O–H groups in total. The normalized spacial score (nSPS) is 11.8. The highest BCUT2D eigenvalue weighted by molar-refractivity contribution is 8.00. The molecule has 0 fully saturated rings. The molecule has 248 valence electrons. The predicted molar refractivity (Wildman–Crippen MR) is 204 cm³/mol. The molecule has 0 spiro atoms. The molecule has 50 heavy (non-hydrogen) atoms. The van der Waals surface area contributed by atoms with Crippen molar-refractivity contribution in [3.8, 4) is 11.3 Å². The smallest absolute Gasteiger partial charge is 0.272 e.